The Morgan fingerprint density at radius 1 is 1.03 bits per heavy atom. The number of rotatable bonds is 5. The lowest BCUT2D eigenvalue weighted by molar-refractivity contribution is -0.129. The molecule has 5 rings (SSSR count). The zero-order valence-electron chi connectivity index (χ0n) is 16.7. The molecule has 1 unspecified atom stereocenters. The van der Waals surface area contributed by atoms with Crippen LogP contribution in [0.25, 0.3) is 10.8 Å². The normalized spacial score (nSPS) is 18.0. The Labute approximate surface area is 179 Å². The maximum absolute atomic E-state index is 13.4. The lowest BCUT2D eigenvalue weighted by Crippen LogP contribution is -2.43. The highest BCUT2D eigenvalue weighted by Gasteiger charge is 2.30. The summed E-state index contributed by atoms with van der Waals surface area (Å²) in [6.45, 7) is 1.21. The Kier molecular flexibility index (Phi) is 5.25. The molecule has 30 heavy (non-hydrogen) atoms. The van der Waals surface area contributed by atoms with E-state index in [-0.39, 0.29) is 17.6 Å². The Morgan fingerprint density at radius 2 is 1.83 bits per heavy atom. The van der Waals surface area contributed by atoms with Gasteiger partial charge in [-0.25, -0.2) is 9.97 Å². The van der Waals surface area contributed by atoms with Gasteiger partial charge in [0.15, 0.2) is 10.9 Å². The van der Waals surface area contributed by atoms with Crippen molar-refractivity contribution in [1.29, 1.82) is 0 Å². The smallest absolute Gasteiger partial charge is 0.233 e. The van der Waals surface area contributed by atoms with Gasteiger partial charge in [-0.1, -0.05) is 42.1 Å². The fraction of sp³-hybridized carbons (Fsp3) is 0.333. The number of benzene rings is 2. The van der Waals surface area contributed by atoms with Gasteiger partial charge in [0.05, 0.1) is 5.75 Å². The third-order valence-electron chi connectivity index (χ3n) is 6.15. The summed E-state index contributed by atoms with van der Waals surface area (Å²) in [4.78, 5) is 36.3. The van der Waals surface area contributed by atoms with E-state index in [0.29, 0.717) is 24.0 Å². The predicted octanol–water partition coefficient (Wildman–Crippen LogP) is 3.94. The van der Waals surface area contributed by atoms with E-state index in [0.717, 1.165) is 36.6 Å². The SMILES string of the molecule is O=C(c1ccc2c3c(cccc13)CC2)C1CCCN(C(=O)CSc2ncccn2)C1. The molecule has 6 heteroatoms. The third kappa shape index (κ3) is 3.60. The molecule has 1 fully saturated rings. The summed E-state index contributed by atoms with van der Waals surface area (Å²) in [5.41, 5.74) is 3.50. The van der Waals surface area contributed by atoms with E-state index >= 15 is 0 Å². The molecule has 2 aliphatic rings. The van der Waals surface area contributed by atoms with E-state index in [4.69, 9.17) is 0 Å². The van der Waals surface area contributed by atoms with Crippen molar-refractivity contribution in [2.24, 2.45) is 5.92 Å². The highest BCUT2D eigenvalue weighted by molar-refractivity contribution is 7.99. The van der Waals surface area contributed by atoms with Crippen molar-refractivity contribution in [1.82, 2.24) is 14.9 Å². The fourth-order valence-electron chi connectivity index (χ4n) is 4.68. The molecule has 1 aromatic heterocycles. The number of nitrogens with zero attached hydrogens (tertiary/aromatic N) is 3. The Hall–Kier alpha value is -2.73. The third-order valence-corrected chi connectivity index (χ3v) is 7.01. The maximum atomic E-state index is 13.4. The van der Waals surface area contributed by atoms with Gasteiger partial charge in [0.2, 0.25) is 5.91 Å². The minimum atomic E-state index is -0.140. The van der Waals surface area contributed by atoms with Gasteiger partial charge in [-0.2, -0.15) is 0 Å². The second-order valence-corrected chi connectivity index (χ2v) is 8.92. The maximum Gasteiger partial charge on any atom is 0.233 e. The van der Waals surface area contributed by atoms with Gasteiger partial charge in [0.1, 0.15) is 0 Å². The Balaban J connectivity index is 1.31. The lowest BCUT2D eigenvalue weighted by atomic mass is 9.87. The number of likely N-dealkylation sites (tertiary alicyclic amines) is 1. The highest BCUT2D eigenvalue weighted by atomic mass is 32.2. The topological polar surface area (TPSA) is 63.2 Å². The van der Waals surface area contributed by atoms with Crippen LogP contribution < -0.4 is 0 Å². The van der Waals surface area contributed by atoms with Crippen LogP contribution in [0, 0.1) is 5.92 Å². The number of hydrogen-bond acceptors (Lipinski definition) is 5. The molecule has 2 heterocycles. The van der Waals surface area contributed by atoms with Gasteiger partial charge in [0, 0.05) is 37.0 Å². The summed E-state index contributed by atoms with van der Waals surface area (Å²) >= 11 is 1.34. The van der Waals surface area contributed by atoms with Crippen molar-refractivity contribution < 1.29 is 9.59 Å². The number of Topliss-reactive ketones (excluding diaryl/α,β-unsaturated/α-hetero) is 1. The van der Waals surface area contributed by atoms with Crippen LogP contribution >= 0.6 is 11.8 Å². The molecule has 1 amide bonds. The number of thioether (sulfide) groups is 1. The van der Waals surface area contributed by atoms with Crippen LogP contribution in [0.1, 0.15) is 34.3 Å². The number of aryl methyl sites for hydroxylation is 2. The first-order chi connectivity index (χ1) is 14.7. The summed E-state index contributed by atoms with van der Waals surface area (Å²) in [5.74, 6) is 0.373. The molecule has 1 aliphatic carbocycles. The molecule has 1 aliphatic heterocycles. The van der Waals surface area contributed by atoms with Crippen LogP contribution in [0.2, 0.25) is 0 Å². The quantitative estimate of drug-likeness (QED) is 0.357. The second-order valence-electron chi connectivity index (χ2n) is 7.98. The van der Waals surface area contributed by atoms with E-state index < -0.39 is 0 Å². The van der Waals surface area contributed by atoms with Crippen molar-refractivity contribution in [3.8, 4) is 0 Å². The van der Waals surface area contributed by atoms with Crippen LogP contribution in [0.5, 0.6) is 0 Å². The Bertz CT molecular complexity index is 1110. The molecular weight excluding hydrogens is 394 g/mol. The summed E-state index contributed by atoms with van der Waals surface area (Å²) in [5, 5.41) is 2.95. The van der Waals surface area contributed by atoms with Crippen molar-refractivity contribution in [2.75, 3.05) is 18.8 Å². The van der Waals surface area contributed by atoms with Crippen molar-refractivity contribution in [3.63, 3.8) is 0 Å². The van der Waals surface area contributed by atoms with Gasteiger partial charge >= 0.3 is 0 Å². The van der Waals surface area contributed by atoms with Gasteiger partial charge < -0.3 is 4.90 Å². The minimum absolute atomic E-state index is 0.0466. The molecular formula is C24H23N3O2S. The molecule has 1 saturated heterocycles. The number of carbonyl (C=O) groups excluding carboxylic acids is 2. The molecule has 0 N–H and O–H groups in total. The van der Waals surface area contributed by atoms with Crippen LogP contribution in [-0.2, 0) is 17.6 Å². The number of aromatic nitrogens is 2. The van der Waals surface area contributed by atoms with E-state index in [9.17, 15) is 9.59 Å². The molecule has 5 nitrogen and oxygen atoms in total. The number of amides is 1. The minimum Gasteiger partial charge on any atom is -0.341 e. The van der Waals surface area contributed by atoms with E-state index in [2.05, 4.69) is 34.2 Å². The molecule has 0 bridgehead atoms. The first-order valence-electron chi connectivity index (χ1n) is 10.5. The fourth-order valence-corrected chi connectivity index (χ4v) is 5.38. The zero-order valence-corrected chi connectivity index (χ0v) is 17.5. The molecule has 3 aromatic rings. The van der Waals surface area contributed by atoms with E-state index in [1.165, 1.54) is 28.3 Å². The summed E-state index contributed by atoms with van der Waals surface area (Å²) in [6, 6.07) is 12.2. The highest BCUT2D eigenvalue weighted by Crippen LogP contribution is 2.34. The molecule has 1 atom stereocenters. The largest absolute Gasteiger partial charge is 0.341 e. The van der Waals surface area contributed by atoms with Crippen molar-refractivity contribution >= 4 is 34.2 Å². The van der Waals surface area contributed by atoms with Gasteiger partial charge in [-0.3, -0.25) is 9.59 Å². The summed E-state index contributed by atoms with van der Waals surface area (Å²) in [6.07, 6.45) is 7.15. The average Bonchev–Trinajstić information content (AvgIpc) is 3.23. The van der Waals surface area contributed by atoms with Crippen molar-refractivity contribution in [3.05, 3.63) is 65.5 Å². The van der Waals surface area contributed by atoms with Gasteiger partial charge in [-0.15, -0.1) is 0 Å². The number of carbonyl (C=O) groups is 2. The van der Waals surface area contributed by atoms with Crippen LogP contribution in [0.4, 0.5) is 0 Å². The van der Waals surface area contributed by atoms with Crippen LogP contribution in [0.15, 0.2) is 53.9 Å². The first-order valence-corrected chi connectivity index (χ1v) is 11.4. The standard InChI is InChI=1S/C24H23N3O2S/c28-21(15-30-24-25-11-3-12-26-24)27-13-2-5-18(14-27)23(29)20-10-9-17-8-7-16-4-1-6-19(20)22(16)17/h1,3-4,6,9-12,18H,2,5,7-8,13-15H2. The predicted molar refractivity (Wildman–Crippen MR) is 118 cm³/mol. The lowest BCUT2D eigenvalue weighted by Gasteiger charge is -2.32. The zero-order chi connectivity index (χ0) is 20.5. The van der Waals surface area contributed by atoms with Crippen LogP contribution in [0.3, 0.4) is 0 Å². The molecule has 0 saturated carbocycles. The molecule has 152 valence electrons. The number of hydrogen-bond donors (Lipinski definition) is 0. The van der Waals surface area contributed by atoms with Crippen LogP contribution in [-0.4, -0.2) is 45.4 Å². The van der Waals surface area contributed by atoms with E-state index in [1.807, 2.05) is 11.0 Å². The Morgan fingerprint density at radius 3 is 2.67 bits per heavy atom. The van der Waals surface area contributed by atoms with E-state index in [1.54, 1.807) is 18.5 Å². The summed E-state index contributed by atoms with van der Waals surface area (Å²) in [7, 11) is 0. The van der Waals surface area contributed by atoms with Gasteiger partial charge in [-0.05, 0) is 53.6 Å². The monoisotopic (exact) mass is 417 g/mol. The first kappa shape index (κ1) is 19.2. The van der Waals surface area contributed by atoms with Crippen molar-refractivity contribution in [2.45, 2.75) is 30.8 Å². The molecule has 2 aromatic carbocycles. The number of piperidine rings is 1. The molecule has 0 radical (unpaired) electrons. The average molecular weight is 418 g/mol. The number of ketones is 1. The molecule has 0 spiro atoms. The van der Waals surface area contributed by atoms with Gasteiger partial charge in [0.25, 0.3) is 0 Å². The second kappa shape index (κ2) is 8.19. The summed E-state index contributed by atoms with van der Waals surface area (Å²) < 4.78 is 0.